The number of hydrogen-bond acceptors (Lipinski definition) is 4. The number of nitrogens with one attached hydrogen (secondary N) is 2. The number of aromatic nitrogens is 2. The Morgan fingerprint density at radius 2 is 2.11 bits per heavy atom. The molecule has 2 aliphatic heterocycles. The number of rotatable bonds is 4. The van der Waals surface area contributed by atoms with Gasteiger partial charge < -0.3 is 15.2 Å². The van der Waals surface area contributed by atoms with Gasteiger partial charge >= 0.3 is 6.03 Å². The number of hydrogen-bond donors (Lipinski definition) is 2. The maximum Gasteiger partial charge on any atom is 0.318 e. The highest BCUT2D eigenvalue weighted by atomic mass is 16.2. The van der Waals surface area contributed by atoms with Crippen molar-refractivity contribution < 1.29 is 4.79 Å². The Hall–Kier alpha value is -2.67. The number of aromatic amines is 1. The molecule has 2 N–H and O–H groups in total. The molecular weight excluding hydrogens is 342 g/mol. The minimum atomic E-state index is -0.139. The number of fused-ring (bicyclic) bond motifs is 1. The zero-order valence-electron chi connectivity index (χ0n) is 15.6. The summed E-state index contributed by atoms with van der Waals surface area (Å²) in [7, 11) is 0. The number of likely N-dealkylation sites (tertiary alicyclic amines) is 1. The Kier molecular flexibility index (Phi) is 4.94. The molecule has 7 heteroatoms. The van der Waals surface area contributed by atoms with Gasteiger partial charge in [0.25, 0.3) is 5.56 Å². The molecule has 1 atom stereocenters. The number of H-pyrrole nitrogens is 1. The van der Waals surface area contributed by atoms with E-state index in [9.17, 15) is 9.59 Å². The van der Waals surface area contributed by atoms with E-state index >= 15 is 0 Å². The Morgan fingerprint density at radius 3 is 2.93 bits per heavy atom. The summed E-state index contributed by atoms with van der Waals surface area (Å²) in [4.78, 5) is 35.6. The van der Waals surface area contributed by atoms with Crippen molar-refractivity contribution >= 4 is 6.03 Å². The molecule has 4 rings (SSSR count). The molecule has 0 aliphatic carbocycles. The maximum atomic E-state index is 12.5. The van der Waals surface area contributed by atoms with E-state index < -0.39 is 0 Å². The van der Waals surface area contributed by atoms with E-state index in [4.69, 9.17) is 0 Å². The van der Waals surface area contributed by atoms with E-state index in [2.05, 4.69) is 44.5 Å². The number of amides is 2. The largest absolute Gasteiger partial charge is 0.338 e. The van der Waals surface area contributed by atoms with Crippen LogP contribution < -0.4 is 10.9 Å². The topological polar surface area (TPSA) is 81.3 Å². The van der Waals surface area contributed by atoms with Gasteiger partial charge in [-0.1, -0.05) is 30.3 Å². The normalized spacial score (nSPS) is 19.3. The van der Waals surface area contributed by atoms with Gasteiger partial charge in [-0.05, 0) is 31.4 Å². The number of urea groups is 1. The predicted octanol–water partition coefficient (Wildman–Crippen LogP) is 1.63. The molecular formula is C20H25N5O2. The van der Waals surface area contributed by atoms with Gasteiger partial charge in [-0.3, -0.25) is 9.69 Å². The third-order valence-corrected chi connectivity index (χ3v) is 5.36. The highest BCUT2D eigenvalue weighted by molar-refractivity contribution is 5.74. The summed E-state index contributed by atoms with van der Waals surface area (Å²) in [5, 5.41) is 3.04. The standard InChI is InChI=1S/C20H25N5O2/c1-14-22-18-13-25(12-17(18)19(26)23-14)20(27)21-9-16-7-8-24(11-16)10-15-5-3-2-4-6-15/h2-6,16H,7-13H2,1H3,(H,21,27)(H,22,23,26)/t16-/m1/s1. The van der Waals surface area contributed by atoms with Crippen molar-refractivity contribution in [2.75, 3.05) is 19.6 Å². The van der Waals surface area contributed by atoms with Gasteiger partial charge in [0.2, 0.25) is 0 Å². The van der Waals surface area contributed by atoms with Crippen LogP contribution in [0, 0.1) is 12.8 Å². The Labute approximate surface area is 158 Å². The molecule has 1 fully saturated rings. The zero-order chi connectivity index (χ0) is 18.8. The first-order valence-corrected chi connectivity index (χ1v) is 9.46. The predicted molar refractivity (Wildman–Crippen MR) is 102 cm³/mol. The number of aryl methyl sites for hydroxylation is 1. The van der Waals surface area contributed by atoms with Crippen LogP contribution in [-0.4, -0.2) is 45.4 Å². The average molecular weight is 367 g/mol. The van der Waals surface area contributed by atoms with Gasteiger partial charge in [0, 0.05) is 19.6 Å². The molecule has 27 heavy (non-hydrogen) atoms. The van der Waals surface area contributed by atoms with Crippen LogP contribution in [0.25, 0.3) is 0 Å². The van der Waals surface area contributed by atoms with E-state index in [0.717, 1.165) is 26.1 Å². The second-order valence-electron chi connectivity index (χ2n) is 7.49. The molecule has 7 nitrogen and oxygen atoms in total. The molecule has 3 heterocycles. The molecule has 1 aromatic carbocycles. The van der Waals surface area contributed by atoms with E-state index in [-0.39, 0.29) is 11.6 Å². The Bertz CT molecular complexity index is 880. The summed E-state index contributed by atoms with van der Waals surface area (Å²) in [5.74, 6) is 1.05. The van der Waals surface area contributed by atoms with Gasteiger partial charge in [0.15, 0.2) is 0 Å². The molecule has 2 aliphatic rings. The number of carbonyl (C=O) groups is 1. The third-order valence-electron chi connectivity index (χ3n) is 5.36. The first-order valence-electron chi connectivity index (χ1n) is 9.46. The van der Waals surface area contributed by atoms with Crippen molar-refractivity contribution in [2.24, 2.45) is 5.92 Å². The van der Waals surface area contributed by atoms with Gasteiger partial charge in [-0.15, -0.1) is 0 Å². The summed E-state index contributed by atoms with van der Waals surface area (Å²) < 4.78 is 0. The average Bonchev–Trinajstić information content (AvgIpc) is 3.27. The fourth-order valence-corrected chi connectivity index (χ4v) is 3.94. The first kappa shape index (κ1) is 17.7. The highest BCUT2D eigenvalue weighted by Crippen LogP contribution is 2.20. The second kappa shape index (κ2) is 7.52. The van der Waals surface area contributed by atoms with Crippen molar-refractivity contribution in [1.82, 2.24) is 25.1 Å². The van der Waals surface area contributed by atoms with Crippen LogP contribution in [0.15, 0.2) is 35.1 Å². The van der Waals surface area contributed by atoms with Crippen LogP contribution in [0.2, 0.25) is 0 Å². The van der Waals surface area contributed by atoms with E-state index in [0.29, 0.717) is 42.6 Å². The van der Waals surface area contributed by atoms with Gasteiger partial charge in [-0.25, -0.2) is 9.78 Å². The molecule has 0 bridgehead atoms. The number of nitrogens with zero attached hydrogens (tertiary/aromatic N) is 3. The van der Waals surface area contributed by atoms with E-state index in [1.54, 1.807) is 11.8 Å². The lowest BCUT2D eigenvalue weighted by molar-refractivity contribution is 0.196. The van der Waals surface area contributed by atoms with Crippen LogP contribution in [-0.2, 0) is 19.6 Å². The van der Waals surface area contributed by atoms with Crippen molar-refractivity contribution in [1.29, 1.82) is 0 Å². The van der Waals surface area contributed by atoms with Crippen LogP contribution >= 0.6 is 0 Å². The summed E-state index contributed by atoms with van der Waals surface area (Å²) in [6, 6.07) is 10.4. The van der Waals surface area contributed by atoms with Crippen molar-refractivity contribution in [3.8, 4) is 0 Å². The molecule has 0 unspecified atom stereocenters. The van der Waals surface area contributed by atoms with E-state index in [1.165, 1.54) is 5.56 Å². The third kappa shape index (κ3) is 4.03. The zero-order valence-corrected chi connectivity index (χ0v) is 15.6. The van der Waals surface area contributed by atoms with Gasteiger partial charge in [-0.2, -0.15) is 0 Å². The van der Waals surface area contributed by atoms with Crippen molar-refractivity contribution in [3.05, 3.63) is 63.3 Å². The molecule has 2 aromatic rings. The number of carbonyl (C=O) groups excluding carboxylic acids is 1. The number of benzene rings is 1. The molecule has 0 radical (unpaired) electrons. The fraction of sp³-hybridized carbons (Fsp3) is 0.450. The SMILES string of the molecule is Cc1nc2c(c(=O)[nH]1)CN(C(=O)NC[C@H]1CCN(Cc3ccccc3)C1)C2. The lowest BCUT2D eigenvalue weighted by Crippen LogP contribution is -2.39. The minimum absolute atomic E-state index is 0.119. The summed E-state index contributed by atoms with van der Waals surface area (Å²) in [5.41, 5.74) is 2.50. The van der Waals surface area contributed by atoms with E-state index in [1.807, 2.05) is 6.07 Å². The van der Waals surface area contributed by atoms with Crippen LogP contribution in [0.1, 0.15) is 29.1 Å². The molecule has 2 amide bonds. The van der Waals surface area contributed by atoms with Crippen LogP contribution in [0.5, 0.6) is 0 Å². The lowest BCUT2D eigenvalue weighted by Gasteiger charge is -2.19. The maximum absolute atomic E-state index is 12.5. The highest BCUT2D eigenvalue weighted by Gasteiger charge is 2.28. The van der Waals surface area contributed by atoms with Crippen molar-refractivity contribution in [2.45, 2.75) is 33.0 Å². The monoisotopic (exact) mass is 367 g/mol. The molecule has 1 aromatic heterocycles. The van der Waals surface area contributed by atoms with Gasteiger partial charge in [0.1, 0.15) is 5.82 Å². The van der Waals surface area contributed by atoms with Crippen LogP contribution in [0.4, 0.5) is 4.79 Å². The summed E-state index contributed by atoms with van der Waals surface area (Å²) >= 11 is 0. The molecule has 0 saturated carbocycles. The lowest BCUT2D eigenvalue weighted by atomic mass is 10.1. The summed E-state index contributed by atoms with van der Waals surface area (Å²) in [6.07, 6.45) is 1.09. The summed E-state index contributed by atoms with van der Waals surface area (Å²) in [6.45, 7) is 6.16. The van der Waals surface area contributed by atoms with Crippen LogP contribution in [0.3, 0.4) is 0 Å². The quantitative estimate of drug-likeness (QED) is 0.861. The Morgan fingerprint density at radius 1 is 1.30 bits per heavy atom. The minimum Gasteiger partial charge on any atom is -0.338 e. The Balaban J connectivity index is 1.26. The second-order valence-corrected chi connectivity index (χ2v) is 7.49. The van der Waals surface area contributed by atoms with Gasteiger partial charge in [0.05, 0.1) is 24.3 Å². The molecule has 0 spiro atoms. The smallest absolute Gasteiger partial charge is 0.318 e. The fourth-order valence-electron chi connectivity index (χ4n) is 3.94. The van der Waals surface area contributed by atoms with Crippen molar-refractivity contribution in [3.63, 3.8) is 0 Å². The molecule has 1 saturated heterocycles. The molecule has 142 valence electrons. The first-order chi connectivity index (χ1) is 13.1.